The topological polar surface area (TPSA) is 125 Å². The number of rotatable bonds is 5. The molecule has 1 unspecified atom stereocenters. The number of carbonyl (C=O) groups excluding carboxylic acids is 1. The molecule has 30 heavy (non-hydrogen) atoms. The SMILES string of the molecule is CC(CNC(=O)c1cc(C2CC2)nc2ccnn12)c1ncc[nH]1.O=C(O)C(F)(F)F. The second-order valence-electron chi connectivity index (χ2n) is 6.83. The first-order valence-corrected chi connectivity index (χ1v) is 9.09. The number of fused-ring (bicyclic) bond motifs is 1. The molecule has 0 aliphatic heterocycles. The molecular formula is C18H19F3N6O3. The van der Waals surface area contributed by atoms with Crippen LogP contribution in [0.5, 0.6) is 0 Å². The molecule has 4 rings (SSSR count). The number of hydrogen-bond donors (Lipinski definition) is 3. The highest BCUT2D eigenvalue weighted by Crippen LogP contribution is 2.39. The third kappa shape index (κ3) is 5.13. The summed E-state index contributed by atoms with van der Waals surface area (Å²) in [7, 11) is 0. The number of carbonyl (C=O) groups is 2. The Kier molecular flexibility index (Phi) is 6.04. The van der Waals surface area contributed by atoms with Crippen LogP contribution in [0.25, 0.3) is 5.65 Å². The molecule has 160 valence electrons. The fourth-order valence-electron chi connectivity index (χ4n) is 2.66. The van der Waals surface area contributed by atoms with Crippen LogP contribution in [0, 0.1) is 0 Å². The summed E-state index contributed by atoms with van der Waals surface area (Å²) in [5.41, 5.74) is 2.24. The number of imidazole rings is 1. The lowest BCUT2D eigenvalue weighted by Crippen LogP contribution is -2.30. The Balaban J connectivity index is 0.000000318. The smallest absolute Gasteiger partial charge is 0.475 e. The summed E-state index contributed by atoms with van der Waals surface area (Å²) in [5, 5.41) is 14.3. The molecule has 0 bridgehead atoms. The number of aromatic nitrogens is 5. The Morgan fingerprint density at radius 3 is 2.63 bits per heavy atom. The van der Waals surface area contributed by atoms with Crippen molar-refractivity contribution < 1.29 is 27.9 Å². The lowest BCUT2D eigenvalue weighted by Gasteiger charge is -2.12. The fourth-order valence-corrected chi connectivity index (χ4v) is 2.66. The van der Waals surface area contributed by atoms with Crippen molar-refractivity contribution in [3.63, 3.8) is 0 Å². The molecule has 1 amide bonds. The summed E-state index contributed by atoms with van der Waals surface area (Å²) in [6, 6.07) is 3.69. The largest absolute Gasteiger partial charge is 0.490 e. The molecule has 0 aromatic carbocycles. The van der Waals surface area contributed by atoms with E-state index < -0.39 is 12.1 Å². The van der Waals surface area contributed by atoms with Crippen LogP contribution in [0.2, 0.25) is 0 Å². The van der Waals surface area contributed by atoms with E-state index in [0.29, 0.717) is 18.2 Å². The molecule has 0 radical (unpaired) electrons. The molecule has 3 aromatic heterocycles. The van der Waals surface area contributed by atoms with Crippen LogP contribution in [0.4, 0.5) is 13.2 Å². The zero-order valence-corrected chi connectivity index (χ0v) is 15.8. The van der Waals surface area contributed by atoms with Gasteiger partial charge in [-0.25, -0.2) is 19.3 Å². The lowest BCUT2D eigenvalue weighted by molar-refractivity contribution is -0.192. The minimum atomic E-state index is -5.08. The summed E-state index contributed by atoms with van der Waals surface area (Å²) in [6.07, 6.45) is 2.38. The van der Waals surface area contributed by atoms with Crippen LogP contribution in [-0.4, -0.2) is 54.3 Å². The van der Waals surface area contributed by atoms with Gasteiger partial charge in [0.05, 0.1) is 6.20 Å². The number of nitrogens with one attached hydrogen (secondary N) is 2. The maximum absolute atomic E-state index is 12.6. The number of halogens is 3. The van der Waals surface area contributed by atoms with Crippen molar-refractivity contribution in [1.29, 1.82) is 0 Å². The molecule has 9 nitrogen and oxygen atoms in total. The molecule has 1 atom stereocenters. The van der Waals surface area contributed by atoms with Crippen molar-refractivity contribution in [3.8, 4) is 0 Å². The number of aromatic amines is 1. The monoisotopic (exact) mass is 424 g/mol. The van der Waals surface area contributed by atoms with E-state index in [1.54, 1.807) is 23.1 Å². The average Bonchev–Trinajstić information content (AvgIpc) is 3.18. The maximum atomic E-state index is 12.6. The first-order chi connectivity index (χ1) is 14.2. The highest BCUT2D eigenvalue weighted by Gasteiger charge is 2.38. The summed E-state index contributed by atoms with van der Waals surface area (Å²) < 4.78 is 33.3. The molecule has 3 heterocycles. The Hall–Kier alpha value is -3.44. The number of carboxylic acid groups (broad SMARTS) is 1. The molecular weight excluding hydrogens is 405 g/mol. The van der Waals surface area contributed by atoms with Crippen LogP contribution in [0.3, 0.4) is 0 Å². The van der Waals surface area contributed by atoms with Crippen molar-refractivity contribution in [2.45, 2.75) is 37.8 Å². The molecule has 1 fully saturated rings. The van der Waals surface area contributed by atoms with Crippen LogP contribution >= 0.6 is 0 Å². The van der Waals surface area contributed by atoms with E-state index in [4.69, 9.17) is 9.90 Å². The van der Waals surface area contributed by atoms with E-state index >= 15 is 0 Å². The Bertz CT molecular complexity index is 1030. The van der Waals surface area contributed by atoms with Gasteiger partial charge in [0.25, 0.3) is 5.91 Å². The number of hydrogen-bond acceptors (Lipinski definition) is 5. The second kappa shape index (κ2) is 8.51. The Morgan fingerprint density at radius 1 is 1.37 bits per heavy atom. The van der Waals surface area contributed by atoms with Crippen LogP contribution in [0.1, 0.15) is 53.6 Å². The van der Waals surface area contributed by atoms with Crippen LogP contribution < -0.4 is 5.32 Å². The van der Waals surface area contributed by atoms with E-state index in [1.807, 2.05) is 19.1 Å². The standard InChI is InChI=1S/C16H18N6O.C2HF3O2/c1-10(15-17-6-7-18-15)9-19-16(23)13-8-12(11-2-3-11)21-14-4-5-20-22(13)14;3-2(4,5)1(6)7/h4-8,10-11H,2-3,9H2,1H3,(H,17,18)(H,19,23);(H,6,7). The summed E-state index contributed by atoms with van der Waals surface area (Å²) >= 11 is 0. The van der Waals surface area contributed by atoms with E-state index in [1.165, 1.54) is 0 Å². The van der Waals surface area contributed by atoms with Gasteiger partial charge >= 0.3 is 12.1 Å². The number of alkyl halides is 3. The Morgan fingerprint density at radius 2 is 2.07 bits per heavy atom. The Labute approximate surface area is 168 Å². The quantitative estimate of drug-likeness (QED) is 0.578. The van der Waals surface area contributed by atoms with Gasteiger partial charge in [-0.05, 0) is 18.9 Å². The van der Waals surface area contributed by atoms with Gasteiger partial charge in [-0.1, -0.05) is 6.92 Å². The molecule has 1 aliphatic carbocycles. The fraction of sp³-hybridized carbons (Fsp3) is 0.389. The predicted molar refractivity (Wildman–Crippen MR) is 98.0 cm³/mol. The molecule has 1 aliphatic rings. The summed E-state index contributed by atoms with van der Waals surface area (Å²) in [5.74, 6) is -1.42. The predicted octanol–water partition coefficient (Wildman–Crippen LogP) is 2.50. The van der Waals surface area contributed by atoms with Gasteiger partial charge < -0.3 is 15.4 Å². The number of amides is 1. The van der Waals surface area contributed by atoms with Crippen LogP contribution in [0.15, 0.2) is 30.7 Å². The van der Waals surface area contributed by atoms with Crippen LogP contribution in [-0.2, 0) is 4.79 Å². The minimum Gasteiger partial charge on any atom is -0.475 e. The van der Waals surface area contributed by atoms with Gasteiger partial charge in [-0.3, -0.25) is 4.79 Å². The molecule has 3 aromatic rings. The minimum absolute atomic E-state index is 0.117. The number of nitrogens with zero attached hydrogens (tertiary/aromatic N) is 4. The van der Waals surface area contributed by atoms with Gasteiger partial charge in [0.15, 0.2) is 5.65 Å². The first kappa shape index (κ1) is 21.3. The summed E-state index contributed by atoms with van der Waals surface area (Å²) in [4.78, 5) is 33.4. The zero-order valence-electron chi connectivity index (χ0n) is 15.8. The van der Waals surface area contributed by atoms with E-state index in [9.17, 15) is 18.0 Å². The number of H-pyrrole nitrogens is 1. The van der Waals surface area contributed by atoms with Crippen molar-refractivity contribution in [2.24, 2.45) is 0 Å². The molecule has 0 spiro atoms. The lowest BCUT2D eigenvalue weighted by atomic mass is 10.1. The van der Waals surface area contributed by atoms with Crippen molar-refractivity contribution in [1.82, 2.24) is 29.9 Å². The maximum Gasteiger partial charge on any atom is 0.490 e. The van der Waals surface area contributed by atoms with Crippen molar-refractivity contribution in [3.05, 3.63) is 47.9 Å². The molecule has 1 saturated carbocycles. The highest BCUT2D eigenvalue weighted by atomic mass is 19.4. The molecule has 0 saturated heterocycles. The highest BCUT2D eigenvalue weighted by molar-refractivity contribution is 5.93. The van der Waals surface area contributed by atoms with Gasteiger partial charge in [0.2, 0.25) is 0 Å². The molecule has 3 N–H and O–H groups in total. The van der Waals surface area contributed by atoms with E-state index in [-0.39, 0.29) is 11.8 Å². The zero-order chi connectivity index (χ0) is 21.9. The van der Waals surface area contributed by atoms with Crippen molar-refractivity contribution >= 4 is 17.5 Å². The molecule has 12 heteroatoms. The van der Waals surface area contributed by atoms with E-state index in [0.717, 1.165) is 30.0 Å². The second-order valence-corrected chi connectivity index (χ2v) is 6.83. The third-order valence-corrected chi connectivity index (χ3v) is 4.40. The normalized spacial score (nSPS) is 14.7. The van der Waals surface area contributed by atoms with E-state index in [2.05, 4.69) is 25.4 Å². The third-order valence-electron chi connectivity index (χ3n) is 4.40. The van der Waals surface area contributed by atoms with Gasteiger partial charge in [-0.15, -0.1) is 0 Å². The van der Waals surface area contributed by atoms with Gasteiger partial charge in [0.1, 0.15) is 11.5 Å². The number of carboxylic acids is 1. The summed E-state index contributed by atoms with van der Waals surface area (Å²) in [6.45, 7) is 2.53. The van der Waals surface area contributed by atoms with Gasteiger partial charge in [-0.2, -0.15) is 18.3 Å². The van der Waals surface area contributed by atoms with Gasteiger partial charge in [0, 0.05) is 42.5 Å². The number of aliphatic carboxylic acids is 1. The first-order valence-electron chi connectivity index (χ1n) is 9.09. The average molecular weight is 424 g/mol. The van der Waals surface area contributed by atoms with Crippen molar-refractivity contribution in [2.75, 3.05) is 6.54 Å².